The molecule has 6 nitrogen and oxygen atoms in total. The summed E-state index contributed by atoms with van der Waals surface area (Å²) in [4.78, 5) is 14.0. The standard InChI is InChI=1S/C47H34N5O.Pt/c1-47(2,3)33-24-26-48-44(27-33)52-40-17-7-6-16-38(40)39-23-22-36(29-43(39)52)53-35-14-9-13-34(28-35)50-30-51(42-19-10-25-49-46(42)50)41-18-8-12-32-21-20-31-11-4-5-15-37(31)45(32)41;/h4-27,30H,1-3H3;/q-3;. The second-order valence-corrected chi connectivity index (χ2v) is 14.5. The maximum absolute atomic E-state index is 6.54. The Morgan fingerprint density at radius 3 is 2.26 bits per heavy atom. The normalized spacial score (nSPS) is 12.8. The number of rotatable bonds is 5. The van der Waals surface area contributed by atoms with Crippen molar-refractivity contribution in [1.82, 2.24) is 14.5 Å². The fourth-order valence-electron chi connectivity index (χ4n) is 7.54. The van der Waals surface area contributed by atoms with E-state index in [0.717, 1.165) is 50.5 Å². The molecule has 0 amide bonds. The van der Waals surface area contributed by atoms with Crippen LogP contribution in [-0.2, 0) is 26.5 Å². The number of anilines is 4. The van der Waals surface area contributed by atoms with Gasteiger partial charge in [0.05, 0.1) is 5.69 Å². The predicted octanol–water partition coefficient (Wildman–Crippen LogP) is 12.0. The van der Waals surface area contributed by atoms with Crippen LogP contribution in [0.2, 0.25) is 0 Å². The monoisotopic (exact) mass is 879 g/mol. The van der Waals surface area contributed by atoms with Crippen LogP contribution in [0.5, 0.6) is 11.5 Å². The first kappa shape index (κ1) is 33.8. The summed E-state index contributed by atoms with van der Waals surface area (Å²) in [5.41, 5.74) is 6.07. The van der Waals surface area contributed by atoms with Gasteiger partial charge in [0.2, 0.25) is 0 Å². The van der Waals surface area contributed by atoms with Crippen LogP contribution in [0.3, 0.4) is 0 Å². The number of nitrogens with zero attached hydrogens (tertiary/aromatic N) is 5. The van der Waals surface area contributed by atoms with E-state index in [2.05, 4.69) is 157 Å². The van der Waals surface area contributed by atoms with Crippen molar-refractivity contribution in [2.45, 2.75) is 26.2 Å². The molecule has 0 saturated carbocycles. The molecule has 6 aromatic carbocycles. The Hall–Kier alpha value is -5.97. The Morgan fingerprint density at radius 1 is 0.611 bits per heavy atom. The van der Waals surface area contributed by atoms with Crippen molar-refractivity contribution in [3.63, 3.8) is 0 Å². The Kier molecular flexibility index (Phi) is 8.24. The summed E-state index contributed by atoms with van der Waals surface area (Å²) in [7, 11) is 0. The summed E-state index contributed by atoms with van der Waals surface area (Å²) in [6.07, 6.45) is 3.72. The molecule has 1 aliphatic heterocycles. The van der Waals surface area contributed by atoms with Crippen LogP contribution in [0.15, 0.2) is 146 Å². The molecule has 9 aromatic rings. The molecule has 0 fully saturated rings. The molecule has 0 radical (unpaired) electrons. The van der Waals surface area contributed by atoms with Gasteiger partial charge < -0.3 is 19.1 Å². The summed E-state index contributed by atoms with van der Waals surface area (Å²) < 4.78 is 8.72. The van der Waals surface area contributed by atoms with Crippen molar-refractivity contribution in [2.75, 3.05) is 9.80 Å². The van der Waals surface area contributed by atoms with Crippen LogP contribution in [-0.4, -0.2) is 14.5 Å². The molecule has 1 aliphatic rings. The minimum Gasteiger partial charge on any atom is -0.509 e. The zero-order chi connectivity index (χ0) is 35.7. The van der Waals surface area contributed by atoms with Crippen molar-refractivity contribution >= 4 is 66.2 Å². The number of aromatic nitrogens is 3. The summed E-state index contributed by atoms with van der Waals surface area (Å²) in [6.45, 7) is 8.76. The van der Waals surface area contributed by atoms with E-state index in [4.69, 9.17) is 14.7 Å². The Bertz CT molecular complexity index is 2870. The smallest absolute Gasteiger partial charge is 0.135 e. The third kappa shape index (κ3) is 5.61. The molecule has 0 bridgehead atoms. The molecule has 0 atom stereocenters. The van der Waals surface area contributed by atoms with Crippen molar-refractivity contribution in [3.05, 3.63) is 170 Å². The van der Waals surface area contributed by atoms with Gasteiger partial charge in [0, 0.05) is 61.5 Å². The number of pyridine rings is 2. The van der Waals surface area contributed by atoms with E-state index >= 15 is 0 Å². The molecule has 0 N–H and O–H groups in total. The van der Waals surface area contributed by atoms with E-state index in [1.807, 2.05) is 42.7 Å². The summed E-state index contributed by atoms with van der Waals surface area (Å²) >= 11 is 0. The van der Waals surface area contributed by atoms with Gasteiger partial charge >= 0.3 is 0 Å². The number of para-hydroxylation sites is 1. The van der Waals surface area contributed by atoms with Crippen LogP contribution >= 0.6 is 0 Å². The van der Waals surface area contributed by atoms with E-state index in [1.165, 1.54) is 27.1 Å². The first-order chi connectivity index (χ1) is 25.9. The van der Waals surface area contributed by atoms with Gasteiger partial charge in [-0.15, -0.1) is 42.4 Å². The maximum atomic E-state index is 6.54. The second-order valence-electron chi connectivity index (χ2n) is 14.5. The number of benzene rings is 6. The van der Waals surface area contributed by atoms with Crippen molar-refractivity contribution in [1.29, 1.82) is 0 Å². The Labute approximate surface area is 328 Å². The molecule has 10 rings (SSSR count). The van der Waals surface area contributed by atoms with E-state index in [1.54, 1.807) is 0 Å². The van der Waals surface area contributed by atoms with Gasteiger partial charge in [0.15, 0.2) is 0 Å². The van der Waals surface area contributed by atoms with Gasteiger partial charge in [0.1, 0.15) is 11.6 Å². The van der Waals surface area contributed by atoms with Crippen LogP contribution in [0.25, 0.3) is 49.2 Å². The minimum atomic E-state index is -0.0155. The molecular weight excluding hydrogens is 846 g/mol. The minimum absolute atomic E-state index is 0. The van der Waals surface area contributed by atoms with E-state index in [-0.39, 0.29) is 26.5 Å². The topological polar surface area (TPSA) is 46.4 Å². The molecule has 0 spiro atoms. The van der Waals surface area contributed by atoms with Crippen LogP contribution in [0, 0.1) is 18.8 Å². The van der Waals surface area contributed by atoms with Gasteiger partial charge in [-0.05, 0) is 68.9 Å². The fourth-order valence-corrected chi connectivity index (χ4v) is 7.54. The molecule has 266 valence electrons. The quantitative estimate of drug-likeness (QED) is 0.127. The van der Waals surface area contributed by atoms with Gasteiger partial charge in [-0.3, -0.25) is 0 Å². The van der Waals surface area contributed by atoms with E-state index < -0.39 is 0 Å². The van der Waals surface area contributed by atoms with Gasteiger partial charge in [-0.25, -0.2) is 9.97 Å². The van der Waals surface area contributed by atoms with Crippen molar-refractivity contribution < 1.29 is 25.8 Å². The van der Waals surface area contributed by atoms with E-state index in [0.29, 0.717) is 11.5 Å². The summed E-state index contributed by atoms with van der Waals surface area (Å²) in [5, 5.41) is 7.03. The number of hydrogen-bond acceptors (Lipinski definition) is 5. The third-order valence-electron chi connectivity index (χ3n) is 10.1. The largest absolute Gasteiger partial charge is 0.509 e. The molecule has 4 heterocycles. The van der Waals surface area contributed by atoms with Crippen LogP contribution in [0.4, 0.5) is 22.9 Å². The Morgan fingerprint density at radius 2 is 1.37 bits per heavy atom. The maximum Gasteiger partial charge on any atom is 0.135 e. The first-order valence-corrected chi connectivity index (χ1v) is 17.8. The van der Waals surface area contributed by atoms with Crippen molar-refractivity contribution in [2.24, 2.45) is 0 Å². The zero-order valence-corrected chi connectivity index (χ0v) is 32.2. The summed E-state index contributed by atoms with van der Waals surface area (Å²) in [6, 6.07) is 53.3. The first-order valence-electron chi connectivity index (χ1n) is 17.8. The second kappa shape index (κ2) is 13.2. The molecule has 0 saturated heterocycles. The van der Waals surface area contributed by atoms with Crippen LogP contribution in [0.1, 0.15) is 26.3 Å². The Balaban J connectivity index is 0.00000384. The van der Waals surface area contributed by atoms with Gasteiger partial charge in [-0.2, -0.15) is 12.1 Å². The average molecular weight is 880 g/mol. The molecule has 0 unspecified atom stereocenters. The average Bonchev–Trinajstić information content (AvgIpc) is 3.73. The SMILES string of the molecule is CC(C)(C)c1ccnc(-n2c3[c-]c(Oc4[c-]c(N5[CH-]N(c6cccc7ccc8ccccc8c67)c6cccnc65)ccc4)ccc3c3ccccc32)c1.[Pt]. The van der Waals surface area contributed by atoms with Crippen LogP contribution < -0.4 is 14.5 Å². The van der Waals surface area contributed by atoms with Gasteiger partial charge in [-0.1, -0.05) is 98.7 Å². The predicted molar refractivity (Wildman–Crippen MR) is 216 cm³/mol. The molecule has 0 aliphatic carbocycles. The molecule has 7 heteroatoms. The third-order valence-corrected chi connectivity index (χ3v) is 10.1. The molecular formula is C47H34N5OPt-3. The van der Waals surface area contributed by atoms with Gasteiger partial charge in [0.25, 0.3) is 0 Å². The zero-order valence-electron chi connectivity index (χ0n) is 29.9. The molecule has 3 aromatic heterocycles. The van der Waals surface area contributed by atoms with E-state index in [9.17, 15) is 0 Å². The number of fused-ring (bicyclic) bond motifs is 7. The van der Waals surface area contributed by atoms with Crippen molar-refractivity contribution in [3.8, 4) is 17.3 Å². The number of ether oxygens (including phenoxy) is 1. The summed E-state index contributed by atoms with van der Waals surface area (Å²) in [5.74, 6) is 2.84. The molecule has 54 heavy (non-hydrogen) atoms. The fraction of sp³-hybridized carbons (Fsp3) is 0.0851. The number of hydrogen-bond donors (Lipinski definition) is 0.